The maximum absolute atomic E-state index is 11.9. The number of hydrazine groups is 1. The van der Waals surface area contributed by atoms with E-state index in [-0.39, 0.29) is 30.2 Å². The van der Waals surface area contributed by atoms with Gasteiger partial charge >= 0.3 is 0 Å². The highest BCUT2D eigenvalue weighted by Gasteiger charge is 2.08. The first kappa shape index (κ1) is 16.4. The summed E-state index contributed by atoms with van der Waals surface area (Å²) in [5, 5.41) is 4.61. The van der Waals surface area contributed by atoms with Crippen LogP contribution < -0.4 is 16.3 Å². The van der Waals surface area contributed by atoms with Crippen molar-refractivity contribution >= 4 is 22.7 Å². The van der Waals surface area contributed by atoms with Crippen LogP contribution in [0.4, 0.5) is 0 Å². The number of rotatable bonds is 4. The van der Waals surface area contributed by atoms with Crippen molar-refractivity contribution in [2.75, 3.05) is 0 Å². The number of amides is 2. The standard InChI is InChI=1S/C18H16N4O3/c23-16-12-19-22(15-9-5-4-8-14(15)16)11-10-17(24)20-21-18(25)13-6-2-1-3-7-13/h1-9,12H,10-11H2,(H,20,24)(H,21,25). The molecule has 3 rings (SSSR count). The van der Waals surface area contributed by atoms with Crippen LogP contribution in [0, 0.1) is 0 Å². The van der Waals surface area contributed by atoms with Crippen LogP contribution in [0.2, 0.25) is 0 Å². The third-order valence-corrected chi connectivity index (χ3v) is 3.66. The molecule has 2 aromatic carbocycles. The minimum atomic E-state index is -0.388. The van der Waals surface area contributed by atoms with Crippen molar-refractivity contribution in [2.24, 2.45) is 0 Å². The molecule has 0 atom stereocenters. The first-order valence-electron chi connectivity index (χ1n) is 7.74. The maximum atomic E-state index is 11.9. The lowest BCUT2D eigenvalue weighted by atomic mass is 10.2. The van der Waals surface area contributed by atoms with Crippen molar-refractivity contribution in [1.82, 2.24) is 20.6 Å². The maximum Gasteiger partial charge on any atom is 0.269 e. The summed E-state index contributed by atoms with van der Waals surface area (Å²) in [4.78, 5) is 35.6. The Kier molecular flexibility index (Phi) is 4.84. The molecule has 0 aliphatic carbocycles. The largest absolute Gasteiger partial charge is 0.287 e. The summed E-state index contributed by atoms with van der Waals surface area (Å²) >= 11 is 0. The molecule has 126 valence electrons. The second-order valence-electron chi connectivity index (χ2n) is 5.37. The number of benzene rings is 2. The summed E-state index contributed by atoms with van der Waals surface area (Å²) in [5.41, 5.74) is 5.69. The van der Waals surface area contributed by atoms with Gasteiger partial charge in [-0.2, -0.15) is 5.10 Å². The molecule has 0 saturated heterocycles. The zero-order chi connectivity index (χ0) is 17.6. The fourth-order valence-electron chi connectivity index (χ4n) is 2.40. The number of carbonyl (C=O) groups is 2. The quantitative estimate of drug-likeness (QED) is 0.701. The number of fused-ring (bicyclic) bond motifs is 1. The predicted octanol–water partition coefficient (Wildman–Crippen LogP) is 1.25. The van der Waals surface area contributed by atoms with Crippen molar-refractivity contribution in [3.05, 3.63) is 76.6 Å². The summed E-state index contributed by atoms with van der Waals surface area (Å²) in [6.07, 6.45) is 1.34. The van der Waals surface area contributed by atoms with Gasteiger partial charge in [0.1, 0.15) is 0 Å². The molecular formula is C18H16N4O3. The summed E-state index contributed by atoms with van der Waals surface area (Å²) in [6.45, 7) is 0.286. The van der Waals surface area contributed by atoms with E-state index in [1.54, 1.807) is 59.3 Å². The summed E-state index contributed by atoms with van der Waals surface area (Å²) in [6, 6.07) is 15.7. The van der Waals surface area contributed by atoms with E-state index < -0.39 is 0 Å². The van der Waals surface area contributed by atoms with Gasteiger partial charge in [0.25, 0.3) is 5.91 Å². The van der Waals surface area contributed by atoms with Crippen LogP contribution in [0.1, 0.15) is 16.8 Å². The zero-order valence-corrected chi connectivity index (χ0v) is 13.3. The average molecular weight is 336 g/mol. The average Bonchev–Trinajstić information content (AvgIpc) is 2.66. The minimum absolute atomic E-state index is 0.106. The van der Waals surface area contributed by atoms with Crippen LogP contribution in [0.15, 0.2) is 65.6 Å². The van der Waals surface area contributed by atoms with Gasteiger partial charge in [0.15, 0.2) is 0 Å². The van der Waals surface area contributed by atoms with Crippen molar-refractivity contribution in [2.45, 2.75) is 13.0 Å². The molecule has 0 fully saturated rings. The molecule has 0 unspecified atom stereocenters. The van der Waals surface area contributed by atoms with E-state index in [2.05, 4.69) is 16.0 Å². The molecule has 25 heavy (non-hydrogen) atoms. The summed E-state index contributed by atoms with van der Waals surface area (Å²) < 4.78 is 1.59. The lowest BCUT2D eigenvalue weighted by Gasteiger charge is -2.10. The highest BCUT2D eigenvalue weighted by atomic mass is 16.2. The molecule has 0 spiro atoms. The second kappa shape index (κ2) is 7.39. The van der Waals surface area contributed by atoms with Gasteiger partial charge in [0, 0.05) is 17.4 Å². The van der Waals surface area contributed by atoms with Gasteiger partial charge in [0.05, 0.1) is 18.3 Å². The van der Waals surface area contributed by atoms with Gasteiger partial charge in [-0.25, -0.2) is 0 Å². The summed E-state index contributed by atoms with van der Waals surface area (Å²) in [5.74, 6) is -0.741. The first-order chi connectivity index (χ1) is 12.1. The smallest absolute Gasteiger partial charge is 0.269 e. The van der Waals surface area contributed by atoms with Crippen LogP contribution in [0.3, 0.4) is 0 Å². The van der Waals surface area contributed by atoms with Crippen LogP contribution in [0.25, 0.3) is 10.9 Å². The van der Waals surface area contributed by atoms with Crippen molar-refractivity contribution < 1.29 is 9.59 Å². The molecular weight excluding hydrogens is 320 g/mol. The molecule has 2 amide bonds. The lowest BCUT2D eigenvalue weighted by Crippen LogP contribution is -2.41. The Morgan fingerprint density at radius 1 is 0.960 bits per heavy atom. The zero-order valence-electron chi connectivity index (χ0n) is 13.3. The molecule has 0 saturated carbocycles. The normalized spacial score (nSPS) is 10.4. The third-order valence-electron chi connectivity index (χ3n) is 3.66. The van der Waals surface area contributed by atoms with Crippen molar-refractivity contribution in [3.8, 4) is 0 Å². The van der Waals surface area contributed by atoms with E-state index in [4.69, 9.17) is 0 Å². The molecule has 3 aromatic rings. The van der Waals surface area contributed by atoms with E-state index >= 15 is 0 Å². The highest BCUT2D eigenvalue weighted by Crippen LogP contribution is 2.08. The number of nitrogens with one attached hydrogen (secondary N) is 2. The predicted molar refractivity (Wildman–Crippen MR) is 92.7 cm³/mol. The van der Waals surface area contributed by atoms with Gasteiger partial charge in [-0.3, -0.25) is 29.9 Å². The van der Waals surface area contributed by atoms with Gasteiger partial charge in [-0.1, -0.05) is 30.3 Å². The molecule has 7 nitrogen and oxygen atoms in total. The Labute approximate surface area is 143 Å². The minimum Gasteiger partial charge on any atom is -0.287 e. The van der Waals surface area contributed by atoms with Crippen molar-refractivity contribution in [1.29, 1.82) is 0 Å². The van der Waals surface area contributed by atoms with Crippen LogP contribution in [0.5, 0.6) is 0 Å². The van der Waals surface area contributed by atoms with Crippen LogP contribution in [-0.4, -0.2) is 21.6 Å². The number of hydrogen-bond acceptors (Lipinski definition) is 4. The fraction of sp³-hybridized carbons (Fsp3) is 0.111. The summed E-state index contributed by atoms with van der Waals surface area (Å²) in [7, 11) is 0. The first-order valence-corrected chi connectivity index (χ1v) is 7.74. The molecule has 0 bridgehead atoms. The van der Waals surface area contributed by atoms with Gasteiger partial charge in [-0.15, -0.1) is 0 Å². The number of carbonyl (C=O) groups excluding carboxylic acids is 2. The molecule has 1 aromatic heterocycles. The number of aryl methyl sites for hydroxylation is 1. The monoisotopic (exact) mass is 336 g/mol. The Hall–Kier alpha value is -3.48. The SMILES string of the molecule is O=C(CCn1ncc(=O)c2ccccc21)NNC(=O)c1ccccc1. The Morgan fingerprint density at radius 2 is 1.68 bits per heavy atom. The fourth-order valence-corrected chi connectivity index (χ4v) is 2.40. The molecule has 0 radical (unpaired) electrons. The van der Waals surface area contributed by atoms with E-state index in [0.717, 1.165) is 0 Å². The number of aromatic nitrogens is 2. The Balaban J connectivity index is 1.59. The van der Waals surface area contributed by atoms with Gasteiger partial charge < -0.3 is 0 Å². The van der Waals surface area contributed by atoms with E-state index in [0.29, 0.717) is 16.5 Å². The van der Waals surface area contributed by atoms with E-state index in [9.17, 15) is 14.4 Å². The number of para-hydroxylation sites is 1. The third kappa shape index (κ3) is 3.89. The molecule has 0 aliphatic rings. The van der Waals surface area contributed by atoms with E-state index in [1.165, 1.54) is 6.20 Å². The molecule has 7 heteroatoms. The van der Waals surface area contributed by atoms with Gasteiger partial charge in [0.2, 0.25) is 11.3 Å². The topological polar surface area (TPSA) is 93.1 Å². The molecule has 0 aliphatic heterocycles. The lowest BCUT2D eigenvalue weighted by molar-refractivity contribution is -0.122. The number of nitrogens with zero attached hydrogens (tertiary/aromatic N) is 2. The Morgan fingerprint density at radius 3 is 2.48 bits per heavy atom. The molecule has 2 N–H and O–H groups in total. The van der Waals surface area contributed by atoms with Gasteiger partial charge in [-0.05, 0) is 24.3 Å². The number of hydrogen-bond donors (Lipinski definition) is 2. The van der Waals surface area contributed by atoms with Crippen molar-refractivity contribution in [3.63, 3.8) is 0 Å². The Bertz CT molecular complexity index is 967. The van der Waals surface area contributed by atoms with Crippen LogP contribution in [-0.2, 0) is 11.3 Å². The second-order valence-corrected chi connectivity index (χ2v) is 5.37. The van der Waals surface area contributed by atoms with Crippen LogP contribution >= 0.6 is 0 Å². The van der Waals surface area contributed by atoms with E-state index in [1.807, 2.05) is 0 Å². The molecule has 1 heterocycles. The highest BCUT2D eigenvalue weighted by molar-refractivity contribution is 5.95.